The van der Waals surface area contributed by atoms with Crippen molar-refractivity contribution in [3.05, 3.63) is 0 Å². The molecule has 0 heterocycles. The summed E-state index contributed by atoms with van der Waals surface area (Å²) in [6.07, 6.45) is 51.8. The smallest absolute Gasteiger partial charge is 0.338 e. The largest absolute Gasteiger partial charge is 0.394 e. The molecular weight excluding hydrogens is 589 g/mol. The minimum Gasteiger partial charge on any atom is -0.394 e. The Bertz CT molecular complexity index is 505. The fourth-order valence-corrected chi connectivity index (χ4v) is 11.1. The quantitative estimate of drug-likeness (QED) is 0.0472. The molecule has 0 fully saturated rings. The molecule has 0 rings (SSSR count). The molecule has 284 valence electrons. The monoisotopic (exact) mass is 681 g/mol. The summed E-state index contributed by atoms with van der Waals surface area (Å²) in [6, 6.07) is 2.43. The zero-order chi connectivity index (χ0) is 34.2. The fraction of sp³-hybridized carbons (Fsp3) is 1.00. The Morgan fingerprint density at radius 3 is 0.574 bits per heavy atom. The Morgan fingerprint density at radius 2 is 0.404 bits per heavy atom. The van der Waals surface area contributed by atoms with Gasteiger partial charge in [0.15, 0.2) is 0 Å². The van der Waals surface area contributed by atoms with Gasteiger partial charge in [-0.05, 0) is 25.9 Å². The molecule has 3 heteroatoms. The third-order valence-electron chi connectivity index (χ3n) is 10.6. The van der Waals surface area contributed by atoms with Crippen LogP contribution in [0.3, 0.4) is 0 Å². The Balaban J connectivity index is 3.67. The molecule has 0 atom stereocenters. The molecule has 0 aliphatic rings. The highest BCUT2D eigenvalue weighted by Crippen LogP contribution is 2.27. The predicted molar refractivity (Wildman–Crippen MR) is 216 cm³/mol. The second-order valence-corrected chi connectivity index (χ2v) is 18.7. The van der Waals surface area contributed by atoms with Crippen molar-refractivity contribution in [3.8, 4) is 0 Å². The maximum Gasteiger partial charge on any atom is 0.338 e. The molecule has 0 radical (unpaired) electrons. The lowest BCUT2D eigenvalue weighted by Crippen LogP contribution is -2.42. The Kier molecular flexibility index (Phi) is 40.7. The van der Waals surface area contributed by atoms with Crippen LogP contribution in [0.4, 0.5) is 0 Å². The SMILES string of the molecule is CCCCCCCCCCCCCCCCCCCC[Si](CCCCCCCCCCCCCCCCCCCC)(OCC)OCC. The second-order valence-electron chi connectivity index (χ2n) is 15.3. The van der Waals surface area contributed by atoms with Crippen LogP contribution in [0.2, 0.25) is 12.1 Å². The summed E-state index contributed by atoms with van der Waals surface area (Å²) in [5.74, 6) is 0. The standard InChI is InChI=1S/C44H92O2Si/c1-5-9-11-13-15-17-19-21-23-25-27-29-31-33-35-37-39-41-43-47(45-7-3,46-8-4)44-42-40-38-36-34-32-30-28-26-24-22-20-18-16-14-12-10-6-2/h5-44H2,1-4H3. The van der Waals surface area contributed by atoms with Crippen LogP contribution < -0.4 is 0 Å². The van der Waals surface area contributed by atoms with Crippen LogP contribution in [0, 0.1) is 0 Å². The predicted octanol–water partition coefficient (Wildman–Crippen LogP) is 16.6. The van der Waals surface area contributed by atoms with Crippen molar-refractivity contribution in [3.63, 3.8) is 0 Å². The van der Waals surface area contributed by atoms with Gasteiger partial charge in [-0.25, -0.2) is 0 Å². The van der Waals surface area contributed by atoms with E-state index in [-0.39, 0.29) is 0 Å². The summed E-state index contributed by atoms with van der Waals surface area (Å²) in [4.78, 5) is 0. The molecule has 0 spiro atoms. The van der Waals surface area contributed by atoms with Crippen LogP contribution in [-0.2, 0) is 8.85 Å². The molecule has 0 aliphatic heterocycles. The Hall–Kier alpha value is 0.137. The van der Waals surface area contributed by atoms with Gasteiger partial charge in [-0.1, -0.05) is 245 Å². The number of hydrogen-bond donors (Lipinski definition) is 0. The minimum absolute atomic E-state index is 0.824. The van der Waals surface area contributed by atoms with Gasteiger partial charge in [0.25, 0.3) is 0 Å². The van der Waals surface area contributed by atoms with Gasteiger partial charge in [-0.15, -0.1) is 0 Å². The van der Waals surface area contributed by atoms with Gasteiger partial charge >= 0.3 is 8.56 Å². The van der Waals surface area contributed by atoms with Gasteiger partial charge in [0.1, 0.15) is 0 Å². The Labute approximate surface area is 300 Å². The number of unbranched alkanes of at least 4 members (excludes halogenated alkanes) is 34. The van der Waals surface area contributed by atoms with Crippen LogP contribution in [0.1, 0.15) is 259 Å². The first kappa shape index (κ1) is 47.1. The van der Waals surface area contributed by atoms with Crippen molar-refractivity contribution in [2.24, 2.45) is 0 Å². The van der Waals surface area contributed by atoms with Gasteiger partial charge in [0, 0.05) is 13.2 Å². The van der Waals surface area contributed by atoms with Crippen molar-refractivity contribution < 1.29 is 8.85 Å². The van der Waals surface area contributed by atoms with Crippen LogP contribution in [0.5, 0.6) is 0 Å². The molecule has 0 amide bonds. The van der Waals surface area contributed by atoms with Crippen molar-refractivity contribution in [1.82, 2.24) is 0 Å². The molecule has 0 N–H and O–H groups in total. The first-order valence-electron chi connectivity index (χ1n) is 22.5. The van der Waals surface area contributed by atoms with Gasteiger partial charge in [0.05, 0.1) is 0 Å². The molecule has 47 heavy (non-hydrogen) atoms. The van der Waals surface area contributed by atoms with Gasteiger partial charge < -0.3 is 8.85 Å². The van der Waals surface area contributed by atoms with E-state index < -0.39 is 8.56 Å². The minimum atomic E-state index is -2.02. The first-order valence-corrected chi connectivity index (χ1v) is 24.8. The van der Waals surface area contributed by atoms with Gasteiger partial charge in [-0.3, -0.25) is 0 Å². The Morgan fingerprint density at radius 1 is 0.234 bits per heavy atom. The van der Waals surface area contributed by atoms with Gasteiger partial charge in [-0.2, -0.15) is 0 Å². The summed E-state index contributed by atoms with van der Waals surface area (Å²) in [7, 11) is -2.02. The fourth-order valence-electron chi connectivity index (χ4n) is 7.57. The topological polar surface area (TPSA) is 18.5 Å². The van der Waals surface area contributed by atoms with E-state index in [1.165, 1.54) is 243 Å². The highest BCUT2D eigenvalue weighted by Gasteiger charge is 2.35. The maximum atomic E-state index is 6.45. The van der Waals surface area contributed by atoms with E-state index in [0.717, 1.165) is 13.2 Å². The molecule has 0 aromatic heterocycles. The lowest BCUT2D eigenvalue weighted by molar-refractivity contribution is 0.180. The summed E-state index contributed by atoms with van der Waals surface area (Å²) in [6.45, 7) is 10.6. The van der Waals surface area contributed by atoms with E-state index in [9.17, 15) is 0 Å². The normalized spacial score (nSPS) is 12.0. The highest BCUT2D eigenvalue weighted by atomic mass is 28.4. The molecule has 0 unspecified atom stereocenters. The third kappa shape index (κ3) is 35.8. The number of rotatable bonds is 42. The van der Waals surface area contributed by atoms with Crippen molar-refractivity contribution in [2.75, 3.05) is 13.2 Å². The van der Waals surface area contributed by atoms with E-state index >= 15 is 0 Å². The lowest BCUT2D eigenvalue weighted by Gasteiger charge is -2.30. The van der Waals surface area contributed by atoms with E-state index in [4.69, 9.17) is 8.85 Å². The van der Waals surface area contributed by atoms with Crippen molar-refractivity contribution >= 4 is 8.56 Å². The van der Waals surface area contributed by atoms with E-state index in [1.54, 1.807) is 0 Å². The van der Waals surface area contributed by atoms with E-state index in [2.05, 4.69) is 27.7 Å². The first-order chi connectivity index (χ1) is 23.2. The summed E-state index contributed by atoms with van der Waals surface area (Å²) in [5.41, 5.74) is 0. The van der Waals surface area contributed by atoms with Gasteiger partial charge in [0.2, 0.25) is 0 Å². The zero-order valence-corrected chi connectivity index (χ0v) is 34.6. The summed E-state index contributed by atoms with van der Waals surface area (Å²) in [5, 5.41) is 0. The van der Waals surface area contributed by atoms with Crippen LogP contribution in [0.25, 0.3) is 0 Å². The molecule has 0 aliphatic carbocycles. The van der Waals surface area contributed by atoms with E-state index in [1.807, 2.05) is 0 Å². The molecular formula is C44H92O2Si. The van der Waals surface area contributed by atoms with Crippen molar-refractivity contribution in [1.29, 1.82) is 0 Å². The molecule has 0 aromatic rings. The number of hydrogen-bond acceptors (Lipinski definition) is 2. The molecule has 2 nitrogen and oxygen atoms in total. The van der Waals surface area contributed by atoms with Crippen LogP contribution >= 0.6 is 0 Å². The molecule has 0 saturated heterocycles. The molecule has 0 saturated carbocycles. The van der Waals surface area contributed by atoms with Crippen LogP contribution in [-0.4, -0.2) is 21.8 Å². The van der Waals surface area contributed by atoms with E-state index in [0.29, 0.717) is 0 Å². The summed E-state index contributed by atoms with van der Waals surface area (Å²) < 4.78 is 12.9. The highest BCUT2D eigenvalue weighted by molar-refractivity contribution is 6.67. The lowest BCUT2D eigenvalue weighted by atomic mass is 10.0. The third-order valence-corrected chi connectivity index (χ3v) is 14.5. The summed E-state index contributed by atoms with van der Waals surface area (Å²) >= 11 is 0. The average Bonchev–Trinajstić information content (AvgIpc) is 3.07. The maximum absolute atomic E-state index is 6.45. The average molecular weight is 681 g/mol. The van der Waals surface area contributed by atoms with Crippen LogP contribution in [0.15, 0.2) is 0 Å². The molecule has 0 aromatic carbocycles. The van der Waals surface area contributed by atoms with Crippen molar-refractivity contribution in [2.45, 2.75) is 271 Å². The molecule has 0 bridgehead atoms. The second kappa shape index (κ2) is 40.6. The zero-order valence-electron chi connectivity index (χ0n) is 33.6.